The predicted octanol–water partition coefficient (Wildman–Crippen LogP) is 3.16. The molecule has 0 aliphatic heterocycles. The van der Waals surface area contributed by atoms with Crippen LogP contribution in [0.5, 0.6) is 0 Å². The molecule has 2 rings (SSSR count). The summed E-state index contributed by atoms with van der Waals surface area (Å²) in [6.07, 6.45) is 5.60. The molecular formula is C19H28N2O3. The summed E-state index contributed by atoms with van der Waals surface area (Å²) >= 11 is 0. The molecule has 1 heterocycles. The number of amides is 1. The van der Waals surface area contributed by atoms with Crippen LogP contribution in [-0.4, -0.2) is 29.1 Å². The lowest BCUT2D eigenvalue weighted by atomic mass is 10.1. The van der Waals surface area contributed by atoms with Crippen molar-refractivity contribution in [1.29, 1.82) is 0 Å². The van der Waals surface area contributed by atoms with Crippen molar-refractivity contribution in [2.75, 3.05) is 6.61 Å². The summed E-state index contributed by atoms with van der Waals surface area (Å²) in [5, 5.41) is 2.80. The van der Waals surface area contributed by atoms with Crippen LogP contribution in [-0.2, 0) is 14.3 Å². The summed E-state index contributed by atoms with van der Waals surface area (Å²) in [6.45, 7) is 9.88. The highest BCUT2D eigenvalue weighted by Crippen LogP contribution is 2.38. The molecule has 24 heavy (non-hydrogen) atoms. The van der Waals surface area contributed by atoms with E-state index in [0.717, 1.165) is 5.56 Å². The smallest absolute Gasteiger partial charge is 0.331 e. The fraction of sp³-hybridized carbons (Fsp3) is 0.579. The lowest BCUT2D eigenvalue weighted by Crippen LogP contribution is -2.38. The second-order valence-electron chi connectivity index (χ2n) is 6.97. The van der Waals surface area contributed by atoms with E-state index in [-0.39, 0.29) is 18.6 Å². The molecule has 1 N–H and O–H groups in total. The molecule has 1 atom stereocenters. The average molecular weight is 332 g/mol. The van der Waals surface area contributed by atoms with E-state index < -0.39 is 5.97 Å². The highest BCUT2D eigenvalue weighted by molar-refractivity contribution is 5.89. The fourth-order valence-electron chi connectivity index (χ4n) is 2.67. The van der Waals surface area contributed by atoms with E-state index in [1.54, 1.807) is 6.08 Å². The Labute approximate surface area is 144 Å². The Morgan fingerprint density at radius 1 is 1.33 bits per heavy atom. The van der Waals surface area contributed by atoms with E-state index in [2.05, 4.69) is 29.8 Å². The van der Waals surface area contributed by atoms with E-state index in [1.807, 2.05) is 20.8 Å². The zero-order valence-electron chi connectivity index (χ0n) is 15.3. The highest BCUT2D eigenvalue weighted by atomic mass is 16.5. The first-order chi connectivity index (χ1) is 11.3. The van der Waals surface area contributed by atoms with Crippen molar-refractivity contribution < 1.29 is 14.3 Å². The van der Waals surface area contributed by atoms with Gasteiger partial charge in [0.15, 0.2) is 6.61 Å². The molecule has 1 aromatic rings. The molecule has 0 saturated heterocycles. The van der Waals surface area contributed by atoms with Gasteiger partial charge in [0.25, 0.3) is 5.91 Å². The van der Waals surface area contributed by atoms with Gasteiger partial charge in [0.05, 0.1) is 0 Å². The minimum Gasteiger partial charge on any atom is -0.452 e. The van der Waals surface area contributed by atoms with E-state index in [9.17, 15) is 9.59 Å². The van der Waals surface area contributed by atoms with E-state index >= 15 is 0 Å². The molecule has 1 saturated carbocycles. The third-order valence-corrected chi connectivity index (χ3v) is 4.57. The summed E-state index contributed by atoms with van der Waals surface area (Å²) in [5.74, 6) is -0.435. The molecule has 5 heteroatoms. The number of hydrogen-bond acceptors (Lipinski definition) is 3. The molecule has 1 aliphatic carbocycles. The quantitative estimate of drug-likeness (QED) is 0.616. The predicted molar refractivity (Wildman–Crippen MR) is 94.6 cm³/mol. The molecule has 5 nitrogen and oxygen atoms in total. The van der Waals surface area contributed by atoms with Crippen LogP contribution < -0.4 is 5.32 Å². The third kappa shape index (κ3) is 4.73. The van der Waals surface area contributed by atoms with Crippen LogP contribution in [0.25, 0.3) is 6.08 Å². The molecule has 0 unspecified atom stereocenters. The Hall–Kier alpha value is -2.04. The third-order valence-electron chi connectivity index (χ3n) is 4.57. The van der Waals surface area contributed by atoms with Gasteiger partial charge in [0, 0.05) is 29.5 Å². The molecule has 0 spiro atoms. The van der Waals surface area contributed by atoms with Crippen molar-refractivity contribution in [1.82, 2.24) is 9.88 Å². The first-order valence-corrected chi connectivity index (χ1v) is 8.62. The standard InChI is InChI=1S/C19H28N2O3/c1-12(2)14(4)20-18(22)11-24-19(23)9-6-16-10-13(3)21(15(16)5)17-7-8-17/h6,9-10,12,14,17H,7-8,11H2,1-5H3,(H,20,22)/b9-6+/t14-/m0/s1. The van der Waals surface area contributed by atoms with Crippen molar-refractivity contribution in [2.24, 2.45) is 5.92 Å². The summed E-state index contributed by atoms with van der Waals surface area (Å²) in [6, 6.07) is 2.75. The van der Waals surface area contributed by atoms with Crippen LogP contribution in [0.1, 0.15) is 56.6 Å². The summed E-state index contributed by atoms with van der Waals surface area (Å²) < 4.78 is 7.32. The monoisotopic (exact) mass is 332 g/mol. The number of carbonyl (C=O) groups excluding carboxylic acids is 2. The number of esters is 1. The largest absolute Gasteiger partial charge is 0.452 e. The van der Waals surface area contributed by atoms with Crippen molar-refractivity contribution in [3.63, 3.8) is 0 Å². The van der Waals surface area contributed by atoms with Gasteiger partial charge in [0.2, 0.25) is 0 Å². The molecule has 132 valence electrons. The van der Waals surface area contributed by atoms with Crippen molar-refractivity contribution in [2.45, 2.75) is 59.5 Å². The van der Waals surface area contributed by atoms with E-state index in [1.165, 1.54) is 30.3 Å². The molecule has 0 aromatic carbocycles. The lowest BCUT2D eigenvalue weighted by Gasteiger charge is -2.16. The average Bonchev–Trinajstić information content (AvgIpc) is 3.29. The molecule has 0 radical (unpaired) electrons. The van der Waals surface area contributed by atoms with Gasteiger partial charge in [-0.2, -0.15) is 0 Å². The van der Waals surface area contributed by atoms with Gasteiger partial charge in [-0.25, -0.2) is 4.79 Å². The van der Waals surface area contributed by atoms with Gasteiger partial charge in [-0.3, -0.25) is 4.79 Å². The maximum Gasteiger partial charge on any atom is 0.331 e. The minimum absolute atomic E-state index is 0.0551. The SMILES string of the molecule is Cc1cc(/C=C/C(=O)OCC(=O)N[C@@H](C)C(C)C)c(C)n1C1CC1. The summed E-state index contributed by atoms with van der Waals surface area (Å²) in [7, 11) is 0. The maximum absolute atomic E-state index is 11.8. The van der Waals surface area contributed by atoms with Gasteiger partial charge in [-0.15, -0.1) is 0 Å². The zero-order valence-corrected chi connectivity index (χ0v) is 15.3. The molecule has 0 bridgehead atoms. The number of aryl methyl sites for hydroxylation is 1. The number of rotatable bonds is 7. The van der Waals surface area contributed by atoms with Crippen molar-refractivity contribution >= 4 is 18.0 Å². The van der Waals surface area contributed by atoms with Crippen LogP contribution in [0.3, 0.4) is 0 Å². The van der Waals surface area contributed by atoms with E-state index in [4.69, 9.17) is 4.74 Å². The number of aromatic nitrogens is 1. The first kappa shape index (κ1) is 18.3. The molecule has 1 aromatic heterocycles. The molecule has 1 amide bonds. The van der Waals surface area contributed by atoms with Gasteiger partial charge in [-0.1, -0.05) is 13.8 Å². The Kier molecular flexibility index (Phi) is 5.86. The van der Waals surface area contributed by atoms with Crippen molar-refractivity contribution in [3.8, 4) is 0 Å². The normalized spacial score (nSPS) is 15.8. The van der Waals surface area contributed by atoms with Crippen LogP contribution in [0.15, 0.2) is 12.1 Å². The molecule has 1 aliphatic rings. The highest BCUT2D eigenvalue weighted by Gasteiger charge is 2.26. The first-order valence-electron chi connectivity index (χ1n) is 8.62. The van der Waals surface area contributed by atoms with Crippen LogP contribution in [0.2, 0.25) is 0 Å². The number of nitrogens with zero attached hydrogens (tertiary/aromatic N) is 1. The van der Waals surface area contributed by atoms with Crippen LogP contribution in [0.4, 0.5) is 0 Å². The molecule has 1 fully saturated rings. The van der Waals surface area contributed by atoms with Crippen LogP contribution in [0, 0.1) is 19.8 Å². The van der Waals surface area contributed by atoms with E-state index in [0.29, 0.717) is 12.0 Å². The summed E-state index contributed by atoms with van der Waals surface area (Å²) in [5.41, 5.74) is 3.40. The Morgan fingerprint density at radius 3 is 2.58 bits per heavy atom. The zero-order chi connectivity index (χ0) is 17.9. The summed E-state index contributed by atoms with van der Waals surface area (Å²) in [4.78, 5) is 23.5. The number of hydrogen-bond donors (Lipinski definition) is 1. The van der Waals surface area contributed by atoms with Crippen molar-refractivity contribution in [3.05, 3.63) is 29.1 Å². The Morgan fingerprint density at radius 2 is 2.00 bits per heavy atom. The van der Waals surface area contributed by atoms with Crippen LogP contribution >= 0.6 is 0 Å². The van der Waals surface area contributed by atoms with Gasteiger partial charge in [-0.05, 0) is 57.2 Å². The topological polar surface area (TPSA) is 60.3 Å². The second kappa shape index (κ2) is 7.69. The Bertz CT molecular complexity index is 639. The molecular weight excluding hydrogens is 304 g/mol. The van der Waals surface area contributed by atoms with Gasteiger partial charge in [0.1, 0.15) is 0 Å². The number of carbonyl (C=O) groups is 2. The van der Waals surface area contributed by atoms with Gasteiger partial charge < -0.3 is 14.6 Å². The fourth-order valence-corrected chi connectivity index (χ4v) is 2.67. The number of nitrogens with one attached hydrogen (secondary N) is 1. The van der Waals surface area contributed by atoms with Gasteiger partial charge >= 0.3 is 5.97 Å². The maximum atomic E-state index is 11.8. The lowest BCUT2D eigenvalue weighted by molar-refractivity contribution is -0.144. The Balaban J connectivity index is 1.85. The second-order valence-corrected chi connectivity index (χ2v) is 6.97. The minimum atomic E-state index is -0.501. The number of ether oxygens (including phenoxy) is 1.